The molecule has 0 saturated heterocycles. The summed E-state index contributed by atoms with van der Waals surface area (Å²) in [7, 11) is 0. The summed E-state index contributed by atoms with van der Waals surface area (Å²) in [5, 5.41) is 4.93. The Morgan fingerprint density at radius 1 is 1.05 bits per heavy atom. The lowest BCUT2D eigenvalue weighted by Crippen LogP contribution is -2.34. The maximum atomic E-state index is 6.17. The van der Waals surface area contributed by atoms with Gasteiger partial charge in [-0.05, 0) is 49.4 Å². The van der Waals surface area contributed by atoms with Crippen LogP contribution in [0.25, 0.3) is 0 Å². The van der Waals surface area contributed by atoms with Crippen molar-refractivity contribution in [3.05, 3.63) is 63.6 Å². The van der Waals surface area contributed by atoms with Crippen LogP contribution in [0.3, 0.4) is 0 Å². The normalized spacial score (nSPS) is 21.4. The number of rotatable bonds is 3. The van der Waals surface area contributed by atoms with Crippen LogP contribution in [0.2, 0.25) is 10.0 Å². The van der Waals surface area contributed by atoms with E-state index in [1.807, 2.05) is 18.2 Å². The number of benzene rings is 2. The van der Waals surface area contributed by atoms with Gasteiger partial charge < -0.3 is 5.32 Å². The highest BCUT2D eigenvalue weighted by Crippen LogP contribution is 2.39. The minimum atomic E-state index is 0.483. The van der Waals surface area contributed by atoms with Gasteiger partial charge in [-0.3, -0.25) is 0 Å². The minimum absolute atomic E-state index is 0.483. The van der Waals surface area contributed by atoms with Crippen LogP contribution in [0.4, 0.5) is 5.69 Å². The summed E-state index contributed by atoms with van der Waals surface area (Å²) in [6, 6.07) is 14.8. The van der Waals surface area contributed by atoms with E-state index >= 15 is 0 Å². The topological polar surface area (TPSA) is 12.0 Å². The Balaban J connectivity index is 1.62. The molecular weight excluding hydrogens is 289 g/mol. The lowest BCUT2D eigenvalue weighted by Gasteiger charge is -2.37. The number of nitrogens with one attached hydrogen (secondary N) is 1. The van der Waals surface area contributed by atoms with Crippen LogP contribution >= 0.6 is 23.2 Å². The number of halogens is 2. The summed E-state index contributed by atoms with van der Waals surface area (Å²) in [4.78, 5) is 0. The molecule has 0 bridgehead atoms. The van der Waals surface area contributed by atoms with Gasteiger partial charge in [0, 0.05) is 11.1 Å². The zero-order valence-electron chi connectivity index (χ0n) is 11.4. The van der Waals surface area contributed by atoms with Gasteiger partial charge in [0.1, 0.15) is 0 Å². The second-order valence-corrected chi connectivity index (χ2v) is 6.39. The summed E-state index contributed by atoms with van der Waals surface area (Å²) in [6.45, 7) is 2.14. The first kappa shape index (κ1) is 13.8. The van der Waals surface area contributed by atoms with Crippen LogP contribution in [-0.2, 0) is 0 Å². The highest BCUT2D eigenvalue weighted by molar-refractivity contribution is 6.35. The molecule has 0 aromatic heterocycles. The van der Waals surface area contributed by atoms with E-state index in [0.29, 0.717) is 17.0 Å². The van der Waals surface area contributed by atoms with Crippen molar-refractivity contribution in [2.75, 3.05) is 5.32 Å². The molecule has 0 spiro atoms. The molecule has 3 rings (SSSR count). The first-order chi connectivity index (χ1) is 9.61. The molecule has 0 aliphatic heterocycles. The summed E-state index contributed by atoms with van der Waals surface area (Å²) < 4.78 is 0. The quantitative estimate of drug-likeness (QED) is 0.771. The highest BCUT2D eigenvalue weighted by atomic mass is 35.5. The van der Waals surface area contributed by atoms with Gasteiger partial charge in [-0.2, -0.15) is 0 Å². The van der Waals surface area contributed by atoms with E-state index in [0.717, 1.165) is 23.6 Å². The van der Waals surface area contributed by atoms with Crippen molar-refractivity contribution in [3.8, 4) is 0 Å². The van der Waals surface area contributed by atoms with Crippen LogP contribution in [0.5, 0.6) is 0 Å². The molecule has 0 radical (unpaired) electrons. The van der Waals surface area contributed by atoms with E-state index < -0.39 is 0 Å². The Morgan fingerprint density at radius 3 is 2.60 bits per heavy atom. The molecule has 1 aliphatic carbocycles. The molecule has 1 fully saturated rings. The number of hydrogen-bond acceptors (Lipinski definition) is 1. The highest BCUT2D eigenvalue weighted by Gasteiger charge is 2.30. The minimum Gasteiger partial charge on any atom is -0.381 e. The molecule has 1 N–H and O–H groups in total. The fourth-order valence-electron chi connectivity index (χ4n) is 2.76. The van der Waals surface area contributed by atoms with Crippen molar-refractivity contribution in [1.82, 2.24) is 0 Å². The van der Waals surface area contributed by atoms with E-state index in [2.05, 4.69) is 36.5 Å². The second-order valence-electron chi connectivity index (χ2n) is 5.55. The molecule has 20 heavy (non-hydrogen) atoms. The van der Waals surface area contributed by atoms with E-state index in [4.69, 9.17) is 23.2 Å². The lowest BCUT2D eigenvalue weighted by molar-refractivity contribution is 0.374. The predicted molar refractivity (Wildman–Crippen MR) is 87.0 cm³/mol. The third-order valence-corrected chi connectivity index (χ3v) is 4.50. The standard InChI is InChI=1S/C17H17Cl2N/c1-11-3-2-4-12(7-11)13-8-15(9-13)20-17-10-14(18)5-6-16(17)19/h2-7,10,13,15,20H,8-9H2,1H3. The molecule has 0 atom stereocenters. The van der Waals surface area contributed by atoms with Crippen molar-refractivity contribution in [2.45, 2.75) is 31.7 Å². The van der Waals surface area contributed by atoms with Crippen molar-refractivity contribution in [1.29, 1.82) is 0 Å². The molecule has 0 heterocycles. The SMILES string of the molecule is Cc1cccc(C2CC(Nc3cc(Cl)ccc3Cl)C2)c1. The van der Waals surface area contributed by atoms with E-state index in [1.54, 1.807) is 0 Å². The third kappa shape index (κ3) is 2.94. The van der Waals surface area contributed by atoms with Gasteiger partial charge in [0.15, 0.2) is 0 Å². The van der Waals surface area contributed by atoms with Crippen LogP contribution in [0.15, 0.2) is 42.5 Å². The maximum absolute atomic E-state index is 6.17. The molecule has 1 aliphatic rings. The second kappa shape index (κ2) is 5.67. The summed E-state index contributed by atoms with van der Waals surface area (Å²) >= 11 is 12.2. The molecule has 1 nitrogen and oxygen atoms in total. The smallest absolute Gasteiger partial charge is 0.0638 e. The third-order valence-electron chi connectivity index (χ3n) is 3.94. The molecule has 0 unspecified atom stereocenters. The Kier molecular flexibility index (Phi) is 3.91. The first-order valence-electron chi connectivity index (χ1n) is 6.90. The zero-order chi connectivity index (χ0) is 14.1. The van der Waals surface area contributed by atoms with Gasteiger partial charge >= 0.3 is 0 Å². The fraction of sp³-hybridized carbons (Fsp3) is 0.294. The van der Waals surface area contributed by atoms with Gasteiger partial charge in [0.25, 0.3) is 0 Å². The maximum Gasteiger partial charge on any atom is 0.0638 e. The van der Waals surface area contributed by atoms with Crippen LogP contribution in [0, 0.1) is 6.92 Å². The van der Waals surface area contributed by atoms with Crippen molar-refractivity contribution >= 4 is 28.9 Å². The molecule has 2 aromatic carbocycles. The Hall–Kier alpha value is -1.18. The summed E-state index contributed by atoms with van der Waals surface area (Å²) in [5.41, 5.74) is 3.71. The average molecular weight is 306 g/mol. The molecule has 0 amide bonds. The van der Waals surface area contributed by atoms with Gasteiger partial charge in [-0.25, -0.2) is 0 Å². The number of anilines is 1. The van der Waals surface area contributed by atoms with Crippen molar-refractivity contribution < 1.29 is 0 Å². The van der Waals surface area contributed by atoms with Crippen LogP contribution in [-0.4, -0.2) is 6.04 Å². The molecule has 104 valence electrons. The van der Waals surface area contributed by atoms with E-state index in [9.17, 15) is 0 Å². The van der Waals surface area contributed by atoms with Crippen molar-refractivity contribution in [2.24, 2.45) is 0 Å². The lowest BCUT2D eigenvalue weighted by atomic mass is 9.75. The monoisotopic (exact) mass is 305 g/mol. The zero-order valence-corrected chi connectivity index (χ0v) is 12.9. The van der Waals surface area contributed by atoms with Gasteiger partial charge in [0.2, 0.25) is 0 Å². The fourth-order valence-corrected chi connectivity index (χ4v) is 3.10. The average Bonchev–Trinajstić information content (AvgIpc) is 2.37. The summed E-state index contributed by atoms with van der Waals surface area (Å²) in [6.07, 6.45) is 2.29. The van der Waals surface area contributed by atoms with Gasteiger partial charge in [-0.15, -0.1) is 0 Å². The molecule has 1 saturated carbocycles. The molecule has 3 heteroatoms. The summed E-state index contributed by atoms with van der Waals surface area (Å²) in [5.74, 6) is 0.658. The van der Waals surface area contributed by atoms with Gasteiger partial charge in [0.05, 0.1) is 10.7 Å². The molecular formula is C17H17Cl2N. The van der Waals surface area contributed by atoms with Gasteiger partial charge in [-0.1, -0.05) is 53.0 Å². The number of hydrogen-bond donors (Lipinski definition) is 1. The van der Waals surface area contributed by atoms with Crippen LogP contribution in [0.1, 0.15) is 29.9 Å². The molecule has 2 aromatic rings. The van der Waals surface area contributed by atoms with Crippen molar-refractivity contribution in [3.63, 3.8) is 0 Å². The Bertz CT molecular complexity index is 618. The largest absolute Gasteiger partial charge is 0.381 e. The Labute approximate surface area is 129 Å². The first-order valence-corrected chi connectivity index (χ1v) is 7.65. The van der Waals surface area contributed by atoms with E-state index in [1.165, 1.54) is 11.1 Å². The number of aryl methyl sites for hydroxylation is 1. The Morgan fingerprint density at radius 2 is 1.85 bits per heavy atom. The van der Waals surface area contributed by atoms with E-state index in [-0.39, 0.29) is 0 Å². The predicted octanol–water partition coefficient (Wildman–Crippen LogP) is 5.66. The van der Waals surface area contributed by atoms with Crippen LogP contribution < -0.4 is 5.32 Å².